The number of thiocarbonyl (C=S) groups is 1. The number of hydrazone groups is 1. The monoisotopic (exact) mass is 466 g/mol. The zero-order valence-electron chi connectivity index (χ0n) is 15.3. The van der Waals surface area contributed by atoms with Crippen LogP contribution in [0.15, 0.2) is 46.0 Å². The number of nitro benzene ring substituents is 1. The summed E-state index contributed by atoms with van der Waals surface area (Å²) in [6.07, 6.45) is 1.60. The lowest BCUT2D eigenvalue weighted by Crippen LogP contribution is -2.31. The number of ether oxygens (including phenoxy) is 2. The van der Waals surface area contributed by atoms with Crippen LogP contribution < -0.4 is 20.2 Å². The lowest BCUT2D eigenvalue weighted by Gasteiger charge is -2.13. The SMILES string of the molecule is CCNC(=S)NN=Cc1cc(OC)c(OCc2cccc([N+](=O)[O-])c2)cc1Br. The number of non-ortho nitro benzene ring substituents is 1. The number of halogens is 1. The Labute approximate surface area is 176 Å². The predicted octanol–water partition coefficient (Wildman–Crippen LogP) is 3.76. The van der Waals surface area contributed by atoms with E-state index in [2.05, 4.69) is 31.8 Å². The molecular formula is C18H19BrN4O4S. The summed E-state index contributed by atoms with van der Waals surface area (Å²) >= 11 is 8.52. The molecule has 0 atom stereocenters. The number of hydrogen-bond donors (Lipinski definition) is 2. The molecule has 10 heteroatoms. The van der Waals surface area contributed by atoms with Gasteiger partial charge in [-0.15, -0.1) is 0 Å². The Hall–Kier alpha value is -2.72. The normalized spacial score (nSPS) is 10.5. The van der Waals surface area contributed by atoms with E-state index in [1.807, 2.05) is 6.92 Å². The first-order chi connectivity index (χ1) is 13.4. The van der Waals surface area contributed by atoms with Gasteiger partial charge in [0.15, 0.2) is 16.6 Å². The van der Waals surface area contributed by atoms with E-state index < -0.39 is 4.92 Å². The fourth-order valence-electron chi connectivity index (χ4n) is 2.20. The van der Waals surface area contributed by atoms with Crippen molar-refractivity contribution in [3.63, 3.8) is 0 Å². The van der Waals surface area contributed by atoms with Crippen molar-refractivity contribution in [2.45, 2.75) is 13.5 Å². The van der Waals surface area contributed by atoms with E-state index in [0.717, 1.165) is 10.0 Å². The van der Waals surface area contributed by atoms with Gasteiger partial charge in [-0.1, -0.05) is 12.1 Å². The second-order valence-corrected chi connectivity index (χ2v) is 6.73. The van der Waals surface area contributed by atoms with E-state index in [9.17, 15) is 10.1 Å². The maximum absolute atomic E-state index is 10.9. The van der Waals surface area contributed by atoms with Gasteiger partial charge in [-0.05, 0) is 52.8 Å². The Morgan fingerprint density at radius 1 is 1.36 bits per heavy atom. The third-order valence-electron chi connectivity index (χ3n) is 3.51. The van der Waals surface area contributed by atoms with E-state index in [1.165, 1.54) is 19.2 Å². The molecule has 0 spiro atoms. The molecule has 0 aliphatic carbocycles. The van der Waals surface area contributed by atoms with Crippen molar-refractivity contribution in [3.05, 3.63) is 62.1 Å². The van der Waals surface area contributed by atoms with Crippen molar-refractivity contribution < 1.29 is 14.4 Å². The molecule has 0 saturated heterocycles. The first-order valence-electron chi connectivity index (χ1n) is 8.25. The van der Waals surface area contributed by atoms with E-state index in [0.29, 0.717) is 28.7 Å². The van der Waals surface area contributed by atoms with Crippen LogP contribution in [0.4, 0.5) is 5.69 Å². The highest BCUT2D eigenvalue weighted by molar-refractivity contribution is 9.10. The molecule has 2 aromatic carbocycles. The molecule has 0 radical (unpaired) electrons. The van der Waals surface area contributed by atoms with Crippen molar-refractivity contribution in [2.75, 3.05) is 13.7 Å². The topological polar surface area (TPSA) is 98.0 Å². The van der Waals surface area contributed by atoms with Gasteiger partial charge in [0.25, 0.3) is 5.69 Å². The molecule has 2 rings (SSSR count). The first kappa shape index (κ1) is 21.6. The van der Waals surface area contributed by atoms with Gasteiger partial charge in [0.1, 0.15) is 6.61 Å². The van der Waals surface area contributed by atoms with Crippen LogP contribution in [0.25, 0.3) is 0 Å². The van der Waals surface area contributed by atoms with Gasteiger partial charge < -0.3 is 14.8 Å². The summed E-state index contributed by atoms with van der Waals surface area (Å²) < 4.78 is 11.9. The number of hydrogen-bond acceptors (Lipinski definition) is 6. The summed E-state index contributed by atoms with van der Waals surface area (Å²) in [4.78, 5) is 10.4. The standard InChI is InChI=1S/C18H19BrN4O4S/c1-3-20-18(28)22-21-10-13-8-16(26-2)17(9-15(13)19)27-11-12-5-4-6-14(7-12)23(24)25/h4-10H,3,11H2,1-2H3,(H2,20,22,28). The lowest BCUT2D eigenvalue weighted by molar-refractivity contribution is -0.384. The molecule has 0 fully saturated rings. The lowest BCUT2D eigenvalue weighted by atomic mass is 10.2. The van der Waals surface area contributed by atoms with Crippen molar-refractivity contribution in [3.8, 4) is 11.5 Å². The average Bonchev–Trinajstić information content (AvgIpc) is 2.68. The summed E-state index contributed by atoms with van der Waals surface area (Å²) in [5.74, 6) is 0.999. The largest absolute Gasteiger partial charge is 0.493 e. The van der Waals surface area contributed by atoms with Gasteiger partial charge in [-0.2, -0.15) is 5.10 Å². The highest BCUT2D eigenvalue weighted by atomic mass is 79.9. The molecule has 0 aliphatic heterocycles. The second-order valence-electron chi connectivity index (χ2n) is 5.47. The Morgan fingerprint density at radius 3 is 2.82 bits per heavy atom. The molecular weight excluding hydrogens is 448 g/mol. The minimum Gasteiger partial charge on any atom is -0.493 e. The minimum atomic E-state index is -0.440. The van der Waals surface area contributed by atoms with Crippen LogP contribution in [0.1, 0.15) is 18.1 Å². The average molecular weight is 467 g/mol. The van der Waals surface area contributed by atoms with Crippen molar-refractivity contribution in [1.29, 1.82) is 0 Å². The van der Waals surface area contributed by atoms with Gasteiger partial charge in [-0.3, -0.25) is 15.5 Å². The quantitative estimate of drug-likeness (QED) is 0.264. The summed E-state index contributed by atoms with van der Waals surface area (Å²) in [6, 6.07) is 9.79. The van der Waals surface area contributed by atoms with Crippen LogP contribution in [-0.2, 0) is 6.61 Å². The van der Waals surface area contributed by atoms with Gasteiger partial charge in [0.2, 0.25) is 0 Å². The number of nitrogens with one attached hydrogen (secondary N) is 2. The molecule has 28 heavy (non-hydrogen) atoms. The molecule has 0 saturated carbocycles. The van der Waals surface area contributed by atoms with Gasteiger partial charge >= 0.3 is 0 Å². The van der Waals surface area contributed by atoms with Crippen molar-refractivity contribution >= 4 is 45.2 Å². The van der Waals surface area contributed by atoms with E-state index in [4.69, 9.17) is 21.7 Å². The maximum atomic E-state index is 10.9. The molecule has 148 valence electrons. The van der Waals surface area contributed by atoms with Crippen LogP contribution >= 0.6 is 28.1 Å². The predicted molar refractivity (Wildman–Crippen MR) is 115 cm³/mol. The minimum absolute atomic E-state index is 0.0174. The highest BCUT2D eigenvalue weighted by Gasteiger charge is 2.11. The van der Waals surface area contributed by atoms with E-state index in [-0.39, 0.29) is 12.3 Å². The van der Waals surface area contributed by atoms with Gasteiger partial charge in [-0.25, -0.2) is 0 Å². The van der Waals surface area contributed by atoms with Gasteiger partial charge in [0, 0.05) is 28.7 Å². The molecule has 0 aliphatic rings. The number of benzene rings is 2. The van der Waals surface area contributed by atoms with Crippen LogP contribution in [0.5, 0.6) is 11.5 Å². The summed E-state index contributed by atoms with van der Waals surface area (Å²) in [7, 11) is 1.53. The van der Waals surface area contributed by atoms with Crippen LogP contribution in [0.3, 0.4) is 0 Å². The van der Waals surface area contributed by atoms with Crippen LogP contribution in [0, 0.1) is 10.1 Å². The molecule has 0 aromatic heterocycles. The number of nitro groups is 1. The summed E-state index contributed by atoms with van der Waals surface area (Å²) in [5.41, 5.74) is 4.17. The zero-order valence-corrected chi connectivity index (χ0v) is 17.7. The summed E-state index contributed by atoms with van der Waals surface area (Å²) in [5, 5.41) is 18.3. The Kier molecular flexibility index (Phi) is 8.15. The fraction of sp³-hybridized carbons (Fsp3) is 0.222. The first-order valence-corrected chi connectivity index (χ1v) is 9.45. The van der Waals surface area contributed by atoms with Crippen LogP contribution in [0.2, 0.25) is 0 Å². The number of nitrogens with zero attached hydrogens (tertiary/aromatic N) is 2. The number of rotatable bonds is 8. The Bertz CT molecular complexity index is 892. The molecule has 0 bridgehead atoms. The zero-order chi connectivity index (χ0) is 20.5. The summed E-state index contributed by atoms with van der Waals surface area (Å²) in [6.45, 7) is 2.80. The highest BCUT2D eigenvalue weighted by Crippen LogP contribution is 2.33. The Balaban J connectivity index is 2.12. The second kappa shape index (κ2) is 10.6. The van der Waals surface area contributed by atoms with Crippen molar-refractivity contribution in [1.82, 2.24) is 10.7 Å². The van der Waals surface area contributed by atoms with Crippen LogP contribution in [-0.4, -0.2) is 29.9 Å². The fourth-order valence-corrected chi connectivity index (χ4v) is 2.83. The molecule has 0 unspecified atom stereocenters. The molecule has 0 amide bonds. The third kappa shape index (κ3) is 6.17. The van der Waals surface area contributed by atoms with E-state index >= 15 is 0 Å². The molecule has 2 aromatic rings. The smallest absolute Gasteiger partial charge is 0.269 e. The van der Waals surface area contributed by atoms with Gasteiger partial charge in [0.05, 0.1) is 18.2 Å². The van der Waals surface area contributed by atoms with Crippen molar-refractivity contribution in [2.24, 2.45) is 5.10 Å². The molecule has 0 heterocycles. The molecule has 8 nitrogen and oxygen atoms in total. The Morgan fingerprint density at radius 2 is 2.14 bits per heavy atom. The number of methoxy groups -OCH3 is 1. The third-order valence-corrected chi connectivity index (χ3v) is 4.43. The maximum Gasteiger partial charge on any atom is 0.269 e. The van der Waals surface area contributed by atoms with E-state index in [1.54, 1.807) is 30.5 Å². The molecule has 2 N–H and O–H groups in total.